The summed E-state index contributed by atoms with van der Waals surface area (Å²) in [5.41, 5.74) is 3.56. The monoisotopic (exact) mass is 228 g/mol. The maximum atomic E-state index is 11.4. The van der Waals surface area contributed by atoms with Gasteiger partial charge in [-0.05, 0) is 41.7 Å². The van der Waals surface area contributed by atoms with E-state index in [1.54, 1.807) is 6.08 Å². The fourth-order valence-corrected chi connectivity index (χ4v) is 2.14. The Labute approximate surface area is 101 Å². The first-order valence-electron chi connectivity index (χ1n) is 5.73. The summed E-state index contributed by atoms with van der Waals surface area (Å²) in [6, 6.07) is 5.50. The molecule has 2 aromatic rings. The second-order valence-corrected chi connectivity index (χ2v) is 4.58. The van der Waals surface area contributed by atoms with Crippen molar-refractivity contribution in [2.75, 3.05) is 0 Å². The molecule has 0 spiro atoms. The Morgan fingerprint density at radius 2 is 2.00 bits per heavy atom. The summed E-state index contributed by atoms with van der Waals surface area (Å²) in [7, 11) is 0. The molecule has 0 radical (unpaired) electrons. The van der Waals surface area contributed by atoms with E-state index in [0.717, 1.165) is 16.5 Å². The van der Waals surface area contributed by atoms with E-state index in [9.17, 15) is 4.79 Å². The van der Waals surface area contributed by atoms with Gasteiger partial charge < -0.3 is 4.42 Å². The first-order valence-corrected chi connectivity index (χ1v) is 5.73. The highest BCUT2D eigenvalue weighted by atomic mass is 16.4. The third-order valence-electron chi connectivity index (χ3n) is 3.01. The van der Waals surface area contributed by atoms with Crippen LogP contribution in [0.5, 0.6) is 0 Å². The summed E-state index contributed by atoms with van der Waals surface area (Å²) in [6.07, 6.45) is 1.69. The number of aryl methyl sites for hydroxylation is 1. The number of fused-ring (bicyclic) bond motifs is 1. The fourth-order valence-electron chi connectivity index (χ4n) is 2.14. The molecule has 0 bridgehead atoms. The average Bonchev–Trinajstić information content (AvgIpc) is 2.26. The van der Waals surface area contributed by atoms with Gasteiger partial charge in [-0.3, -0.25) is 0 Å². The van der Waals surface area contributed by atoms with Crippen molar-refractivity contribution in [2.24, 2.45) is 0 Å². The van der Waals surface area contributed by atoms with Crippen molar-refractivity contribution in [2.45, 2.75) is 26.7 Å². The molecule has 1 aromatic heterocycles. The van der Waals surface area contributed by atoms with Gasteiger partial charge in [-0.2, -0.15) is 0 Å². The maximum Gasteiger partial charge on any atom is 0.336 e. The van der Waals surface area contributed by atoms with Gasteiger partial charge in [-0.15, -0.1) is 0 Å². The Kier molecular flexibility index (Phi) is 2.88. The summed E-state index contributed by atoms with van der Waals surface area (Å²) >= 11 is 0. The molecular weight excluding hydrogens is 212 g/mol. The van der Waals surface area contributed by atoms with Crippen LogP contribution in [0.15, 0.2) is 34.0 Å². The molecule has 2 rings (SSSR count). The van der Waals surface area contributed by atoms with E-state index in [1.165, 1.54) is 11.6 Å². The summed E-state index contributed by atoms with van der Waals surface area (Å²) in [6.45, 7) is 10.1. The van der Waals surface area contributed by atoms with Crippen molar-refractivity contribution in [1.29, 1.82) is 0 Å². The zero-order valence-electron chi connectivity index (χ0n) is 10.4. The van der Waals surface area contributed by atoms with Crippen LogP contribution in [0.2, 0.25) is 0 Å². The van der Waals surface area contributed by atoms with E-state index in [1.807, 2.05) is 13.0 Å². The lowest BCUT2D eigenvalue weighted by atomic mass is 9.95. The van der Waals surface area contributed by atoms with Crippen molar-refractivity contribution in [1.82, 2.24) is 0 Å². The predicted molar refractivity (Wildman–Crippen MR) is 71.4 cm³/mol. The molecule has 0 N–H and O–H groups in total. The van der Waals surface area contributed by atoms with Crippen LogP contribution in [0.4, 0.5) is 0 Å². The van der Waals surface area contributed by atoms with E-state index in [-0.39, 0.29) is 5.63 Å². The van der Waals surface area contributed by atoms with Crippen molar-refractivity contribution < 1.29 is 4.42 Å². The molecule has 0 saturated heterocycles. The van der Waals surface area contributed by atoms with Crippen molar-refractivity contribution in [3.05, 3.63) is 51.9 Å². The minimum absolute atomic E-state index is 0.330. The van der Waals surface area contributed by atoms with Crippen LogP contribution >= 0.6 is 0 Å². The van der Waals surface area contributed by atoms with E-state index in [2.05, 4.69) is 26.5 Å². The molecule has 1 aromatic carbocycles. The molecule has 0 fully saturated rings. The Hall–Kier alpha value is -1.83. The molecule has 0 aliphatic rings. The highest BCUT2D eigenvalue weighted by molar-refractivity contribution is 5.87. The topological polar surface area (TPSA) is 30.2 Å². The smallest absolute Gasteiger partial charge is 0.336 e. The van der Waals surface area contributed by atoms with Gasteiger partial charge in [0.25, 0.3) is 0 Å². The lowest BCUT2D eigenvalue weighted by Gasteiger charge is -2.11. The fraction of sp³-hybridized carbons (Fsp3) is 0.267. The lowest BCUT2D eigenvalue weighted by molar-refractivity contribution is 0.560. The van der Waals surface area contributed by atoms with Gasteiger partial charge in [0.2, 0.25) is 0 Å². The van der Waals surface area contributed by atoms with Crippen LogP contribution in [0.25, 0.3) is 17.0 Å². The second-order valence-electron chi connectivity index (χ2n) is 4.58. The largest absolute Gasteiger partial charge is 0.423 e. The Morgan fingerprint density at radius 1 is 1.29 bits per heavy atom. The van der Waals surface area contributed by atoms with Gasteiger partial charge >= 0.3 is 5.63 Å². The number of hydrogen-bond acceptors (Lipinski definition) is 2. The van der Waals surface area contributed by atoms with Crippen LogP contribution in [0.3, 0.4) is 0 Å². The summed E-state index contributed by atoms with van der Waals surface area (Å²) in [5, 5.41) is 0.953. The van der Waals surface area contributed by atoms with Crippen molar-refractivity contribution in [3.63, 3.8) is 0 Å². The van der Waals surface area contributed by atoms with E-state index in [4.69, 9.17) is 4.42 Å². The zero-order chi connectivity index (χ0) is 12.6. The molecule has 0 amide bonds. The molecule has 0 aliphatic carbocycles. The van der Waals surface area contributed by atoms with E-state index >= 15 is 0 Å². The number of hydrogen-bond donors (Lipinski definition) is 0. The molecule has 2 nitrogen and oxygen atoms in total. The molecule has 0 aliphatic heterocycles. The normalized spacial score (nSPS) is 11.1. The highest BCUT2D eigenvalue weighted by Gasteiger charge is 2.09. The van der Waals surface area contributed by atoms with Crippen LogP contribution in [0.1, 0.15) is 36.5 Å². The predicted octanol–water partition coefficient (Wildman–Crippen LogP) is 3.87. The van der Waals surface area contributed by atoms with Gasteiger partial charge in [-0.1, -0.05) is 26.5 Å². The Morgan fingerprint density at radius 3 is 2.59 bits per heavy atom. The number of rotatable bonds is 2. The lowest BCUT2D eigenvalue weighted by Crippen LogP contribution is -2.00. The van der Waals surface area contributed by atoms with Gasteiger partial charge in [-0.25, -0.2) is 4.79 Å². The standard InChI is InChI=1S/C15H16O2/c1-5-11-7-15(16)17-14-6-10(4)12(9(2)3)8-13(11)14/h5-9H,1H2,2-4H3. The van der Waals surface area contributed by atoms with Crippen molar-refractivity contribution >= 4 is 17.0 Å². The Balaban J connectivity index is 2.88. The third kappa shape index (κ3) is 2.03. The molecule has 88 valence electrons. The second kappa shape index (κ2) is 4.21. The first-order chi connectivity index (χ1) is 8.02. The SMILES string of the molecule is C=Cc1cc(=O)oc2cc(C)c(C(C)C)cc12. The van der Waals surface area contributed by atoms with Crippen LogP contribution < -0.4 is 5.63 Å². The van der Waals surface area contributed by atoms with Crippen molar-refractivity contribution in [3.8, 4) is 0 Å². The van der Waals surface area contributed by atoms with Crippen LogP contribution in [-0.2, 0) is 0 Å². The average molecular weight is 228 g/mol. The highest BCUT2D eigenvalue weighted by Crippen LogP contribution is 2.27. The molecule has 1 heterocycles. The summed E-state index contributed by atoms with van der Waals surface area (Å²) in [4.78, 5) is 11.4. The molecule has 0 unspecified atom stereocenters. The van der Waals surface area contributed by atoms with Gasteiger partial charge in [0, 0.05) is 11.5 Å². The van der Waals surface area contributed by atoms with Gasteiger partial charge in [0.1, 0.15) is 5.58 Å². The maximum absolute atomic E-state index is 11.4. The zero-order valence-corrected chi connectivity index (χ0v) is 10.4. The van der Waals surface area contributed by atoms with Gasteiger partial charge in [0.15, 0.2) is 0 Å². The van der Waals surface area contributed by atoms with Crippen LogP contribution in [-0.4, -0.2) is 0 Å². The van der Waals surface area contributed by atoms with E-state index < -0.39 is 0 Å². The molecular formula is C15H16O2. The minimum Gasteiger partial charge on any atom is -0.423 e. The summed E-state index contributed by atoms with van der Waals surface area (Å²) < 4.78 is 5.22. The molecule has 0 atom stereocenters. The first kappa shape index (κ1) is 11.6. The number of benzene rings is 1. The quantitative estimate of drug-likeness (QED) is 0.730. The Bertz CT molecular complexity index is 633. The minimum atomic E-state index is -0.330. The molecule has 0 saturated carbocycles. The van der Waals surface area contributed by atoms with Gasteiger partial charge in [0.05, 0.1) is 0 Å². The third-order valence-corrected chi connectivity index (χ3v) is 3.01. The molecule has 2 heteroatoms. The molecule has 17 heavy (non-hydrogen) atoms. The van der Waals surface area contributed by atoms with Crippen LogP contribution in [0, 0.1) is 6.92 Å². The summed E-state index contributed by atoms with van der Waals surface area (Å²) in [5.74, 6) is 0.448. The van der Waals surface area contributed by atoms with E-state index in [0.29, 0.717) is 11.5 Å².